The zero-order valence-electron chi connectivity index (χ0n) is 13.0. The number of anilines is 1. The minimum Gasteiger partial charge on any atom is -0.495 e. The van der Waals surface area contributed by atoms with Crippen molar-refractivity contribution in [1.29, 1.82) is 0 Å². The summed E-state index contributed by atoms with van der Waals surface area (Å²) >= 11 is 0. The lowest BCUT2D eigenvalue weighted by Gasteiger charge is -2.32. The van der Waals surface area contributed by atoms with Crippen molar-refractivity contribution in [3.05, 3.63) is 36.4 Å². The molecular weight excluding hydrogens is 282 g/mol. The smallest absolute Gasteiger partial charge is 0.254 e. The van der Waals surface area contributed by atoms with E-state index in [0.29, 0.717) is 30.1 Å². The quantitative estimate of drug-likeness (QED) is 0.849. The summed E-state index contributed by atoms with van der Waals surface area (Å²) in [6.07, 6.45) is 1.18. The summed E-state index contributed by atoms with van der Waals surface area (Å²) < 4.78 is 5.20. The zero-order chi connectivity index (χ0) is 16.1. The van der Waals surface area contributed by atoms with Gasteiger partial charge in [-0.05, 0) is 31.3 Å². The summed E-state index contributed by atoms with van der Waals surface area (Å²) in [5, 5.41) is 2.66. The van der Waals surface area contributed by atoms with Gasteiger partial charge in [0.15, 0.2) is 0 Å². The number of rotatable bonds is 4. The first-order chi connectivity index (χ1) is 10.5. The Morgan fingerprint density at radius 3 is 2.55 bits per heavy atom. The van der Waals surface area contributed by atoms with Gasteiger partial charge in [-0.15, -0.1) is 0 Å². The maximum atomic E-state index is 12.5. The Morgan fingerprint density at radius 1 is 1.27 bits per heavy atom. The van der Waals surface area contributed by atoms with Crippen LogP contribution in [0.5, 0.6) is 5.75 Å². The van der Waals surface area contributed by atoms with Gasteiger partial charge < -0.3 is 19.9 Å². The van der Waals surface area contributed by atoms with Crippen LogP contribution in [0, 0.1) is 0 Å². The number of nitrogens with one attached hydrogen (secondary N) is 1. The first-order valence-electron chi connectivity index (χ1n) is 7.14. The Labute approximate surface area is 130 Å². The normalized spacial score (nSPS) is 15.3. The van der Waals surface area contributed by atoms with Crippen molar-refractivity contribution in [1.82, 2.24) is 9.80 Å². The number of hydrogen-bond donors (Lipinski definition) is 1. The summed E-state index contributed by atoms with van der Waals surface area (Å²) in [7, 11) is 3.55. The van der Waals surface area contributed by atoms with E-state index in [1.165, 1.54) is 13.2 Å². The fourth-order valence-electron chi connectivity index (χ4n) is 2.31. The maximum absolute atomic E-state index is 12.5. The molecule has 1 aliphatic heterocycles. The van der Waals surface area contributed by atoms with Crippen LogP contribution in [0.15, 0.2) is 30.9 Å². The highest BCUT2D eigenvalue weighted by atomic mass is 16.5. The van der Waals surface area contributed by atoms with Gasteiger partial charge in [0.1, 0.15) is 5.75 Å². The molecular formula is C16H21N3O3. The molecule has 1 saturated heterocycles. The van der Waals surface area contributed by atoms with E-state index in [0.717, 1.165) is 13.1 Å². The van der Waals surface area contributed by atoms with Gasteiger partial charge in [-0.1, -0.05) is 6.58 Å². The van der Waals surface area contributed by atoms with Crippen LogP contribution in [0.1, 0.15) is 10.4 Å². The molecule has 0 unspecified atom stereocenters. The summed E-state index contributed by atoms with van der Waals surface area (Å²) in [6, 6.07) is 5.03. The standard InChI is InChI=1S/C16H21N3O3/c1-4-15(20)17-13-11-12(5-6-14(13)22-3)16(21)19-9-7-18(2)8-10-19/h4-6,11H,1,7-10H2,2-3H3,(H,17,20). The molecule has 0 radical (unpaired) electrons. The molecule has 1 heterocycles. The number of benzene rings is 1. The van der Waals surface area contributed by atoms with E-state index >= 15 is 0 Å². The predicted molar refractivity (Wildman–Crippen MR) is 85.2 cm³/mol. The van der Waals surface area contributed by atoms with E-state index in [-0.39, 0.29) is 11.8 Å². The van der Waals surface area contributed by atoms with Crippen LogP contribution in [-0.2, 0) is 4.79 Å². The Bertz CT molecular complexity index is 578. The van der Waals surface area contributed by atoms with Gasteiger partial charge in [0, 0.05) is 31.7 Å². The van der Waals surface area contributed by atoms with Crippen LogP contribution >= 0.6 is 0 Å². The number of carbonyl (C=O) groups excluding carboxylic acids is 2. The van der Waals surface area contributed by atoms with Gasteiger partial charge in [-0.25, -0.2) is 0 Å². The molecule has 2 amide bonds. The van der Waals surface area contributed by atoms with Crippen LogP contribution in [0.2, 0.25) is 0 Å². The van der Waals surface area contributed by atoms with Crippen LogP contribution in [-0.4, -0.2) is 62.0 Å². The molecule has 6 heteroatoms. The average molecular weight is 303 g/mol. The van der Waals surface area contributed by atoms with Crippen molar-refractivity contribution >= 4 is 17.5 Å². The molecule has 0 bridgehead atoms. The van der Waals surface area contributed by atoms with Gasteiger partial charge in [0.2, 0.25) is 5.91 Å². The Balaban J connectivity index is 2.20. The van der Waals surface area contributed by atoms with E-state index in [9.17, 15) is 9.59 Å². The van der Waals surface area contributed by atoms with Gasteiger partial charge in [-0.3, -0.25) is 9.59 Å². The van der Waals surface area contributed by atoms with E-state index in [1.54, 1.807) is 18.2 Å². The Hall–Kier alpha value is -2.34. The topological polar surface area (TPSA) is 61.9 Å². The molecule has 2 rings (SSSR count). The van der Waals surface area contributed by atoms with Crippen molar-refractivity contribution in [3.8, 4) is 5.75 Å². The van der Waals surface area contributed by atoms with E-state index in [1.807, 2.05) is 11.9 Å². The van der Waals surface area contributed by atoms with Crippen molar-refractivity contribution in [3.63, 3.8) is 0 Å². The molecule has 1 fully saturated rings. The molecule has 0 saturated carbocycles. The first-order valence-corrected chi connectivity index (χ1v) is 7.14. The van der Waals surface area contributed by atoms with Crippen molar-refractivity contribution in [2.75, 3.05) is 45.7 Å². The van der Waals surface area contributed by atoms with Crippen LogP contribution in [0.3, 0.4) is 0 Å². The molecule has 1 aliphatic rings. The monoisotopic (exact) mass is 303 g/mol. The zero-order valence-corrected chi connectivity index (χ0v) is 13.0. The molecule has 6 nitrogen and oxygen atoms in total. The number of piperazine rings is 1. The lowest BCUT2D eigenvalue weighted by atomic mass is 10.1. The van der Waals surface area contributed by atoms with E-state index in [4.69, 9.17) is 4.74 Å². The summed E-state index contributed by atoms with van der Waals surface area (Å²) in [5.74, 6) is 0.123. The SMILES string of the molecule is C=CC(=O)Nc1cc(C(=O)N2CCN(C)CC2)ccc1OC. The second-order valence-electron chi connectivity index (χ2n) is 5.20. The number of carbonyl (C=O) groups is 2. The summed E-state index contributed by atoms with van der Waals surface area (Å²) in [6.45, 7) is 6.55. The van der Waals surface area contributed by atoms with Gasteiger partial charge >= 0.3 is 0 Å². The number of amides is 2. The molecule has 1 aromatic rings. The summed E-state index contributed by atoms with van der Waals surface area (Å²) in [4.78, 5) is 28.0. The highest BCUT2D eigenvalue weighted by Crippen LogP contribution is 2.26. The minimum atomic E-state index is -0.345. The third kappa shape index (κ3) is 3.65. The number of methoxy groups -OCH3 is 1. The molecule has 0 aromatic heterocycles. The predicted octanol–water partition coefficient (Wildman–Crippen LogP) is 1.21. The number of nitrogens with zero attached hydrogens (tertiary/aromatic N) is 2. The molecule has 1 aromatic carbocycles. The van der Waals surface area contributed by atoms with E-state index in [2.05, 4.69) is 16.8 Å². The van der Waals surface area contributed by atoms with E-state index < -0.39 is 0 Å². The summed E-state index contributed by atoms with van der Waals surface area (Å²) in [5.41, 5.74) is 0.997. The second-order valence-corrected chi connectivity index (χ2v) is 5.20. The van der Waals surface area contributed by atoms with Gasteiger partial charge in [-0.2, -0.15) is 0 Å². The molecule has 1 N–H and O–H groups in total. The lowest BCUT2D eigenvalue weighted by Crippen LogP contribution is -2.47. The number of ether oxygens (including phenoxy) is 1. The van der Waals surface area contributed by atoms with Crippen LogP contribution < -0.4 is 10.1 Å². The lowest BCUT2D eigenvalue weighted by molar-refractivity contribution is -0.111. The van der Waals surface area contributed by atoms with Crippen LogP contribution in [0.25, 0.3) is 0 Å². The van der Waals surface area contributed by atoms with Gasteiger partial charge in [0.05, 0.1) is 12.8 Å². The Kier molecular flexibility index (Phi) is 5.16. The first kappa shape index (κ1) is 16.0. The van der Waals surface area contributed by atoms with Crippen molar-refractivity contribution in [2.24, 2.45) is 0 Å². The van der Waals surface area contributed by atoms with Gasteiger partial charge in [0.25, 0.3) is 5.91 Å². The minimum absolute atomic E-state index is 0.0372. The average Bonchev–Trinajstić information content (AvgIpc) is 2.54. The fourth-order valence-corrected chi connectivity index (χ4v) is 2.31. The number of hydrogen-bond acceptors (Lipinski definition) is 4. The molecule has 22 heavy (non-hydrogen) atoms. The maximum Gasteiger partial charge on any atom is 0.254 e. The molecule has 0 aliphatic carbocycles. The third-order valence-electron chi connectivity index (χ3n) is 3.68. The Morgan fingerprint density at radius 2 is 1.95 bits per heavy atom. The highest BCUT2D eigenvalue weighted by molar-refractivity contribution is 6.02. The largest absolute Gasteiger partial charge is 0.495 e. The number of likely N-dealkylation sites (N-methyl/N-ethyl adjacent to an activating group) is 1. The molecule has 118 valence electrons. The second kappa shape index (κ2) is 7.09. The highest BCUT2D eigenvalue weighted by Gasteiger charge is 2.21. The van der Waals surface area contributed by atoms with Crippen LogP contribution in [0.4, 0.5) is 5.69 Å². The third-order valence-corrected chi connectivity index (χ3v) is 3.68. The fraction of sp³-hybridized carbons (Fsp3) is 0.375. The van der Waals surface area contributed by atoms with Crippen molar-refractivity contribution < 1.29 is 14.3 Å². The van der Waals surface area contributed by atoms with Crippen molar-refractivity contribution in [2.45, 2.75) is 0 Å². The molecule has 0 spiro atoms. The molecule has 0 atom stereocenters.